The second-order valence-electron chi connectivity index (χ2n) is 4.76. The van der Waals surface area contributed by atoms with Crippen LogP contribution in [0.4, 0.5) is 0 Å². The largest absolute Gasteiger partial charge is 0.370 e. The van der Waals surface area contributed by atoms with Crippen molar-refractivity contribution in [1.29, 1.82) is 0 Å². The highest BCUT2D eigenvalue weighted by atomic mass is 16.5. The molecule has 1 atom stereocenters. The molecule has 2 nitrogen and oxygen atoms in total. The lowest BCUT2D eigenvalue weighted by molar-refractivity contribution is 0.0483. The van der Waals surface area contributed by atoms with Crippen molar-refractivity contribution < 1.29 is 9.53 Å². The van der Waals surface area contributed by atoms with Crippen molar-refractivity contribution in [2.45, 2.75) is 52.1 Å². The summed E-state index contributed by atoms with van der Waals surface area (Å²) in [6, 6.07) is 9.33. The van der Waals surface area contributed by atoms with Gasteiger partial charge in [-0.2, -0.15) is 0 Å². The quantitative estimate of drug-likeness (QED) is 0.482. The Labute approximate surface area is 110 Å². The molecule has 2 heteroatoms. The Morgan fingerprint density at radius 1 is 1.17 bits per heavy atom. The maximum Gasteiger partial charge on any atom is 0.188 e. The summed E-state index contributed by atoms with van der Waals surface area (Å²) in [5, 5.41) is 0. The molecule has 0 saturated heterocycles. The number of rotatable bonds is 9. The maximum absolute atomic E-state index is 11.8. The summed E-state index contributed by atoms with van der Waals surface area (Å²) >= 11 is 0. The summed E-state index contributed by atoms with van der Waals surface area (Å²) in [6.45, 7) is 4.45. The fraction of sp³-hybridized carbons (Fsp3) is 0.562. The first-order valence-corrected chi connectivity index (χ1v) is 6.94. The van der Waals surface area contributed by atoms with E-state index in [0.29, 0.717) is 0 Å². The van der Waals surface area contributed by atoms with Gasteiger partial charge < -0.3 is 4.74 Å². The van der Waals surface area contributed by atoms with Gasteiger partial charge >= 0.3 is 0 Å². The number of hydrogen-bond acceptors (Lipinski definition) is 2. The summed E-state index contributed by atoms with van der Waals surface area (Å²) in [7, 11) is 0. The van der Waals surface area contributed by atoms with Gasteiger partial charge in [-0.3, -0.25) is 4.79 Å². The summed E-state index contributed by atoms with van der Waals surface area (Å²) < 4.78 is 5.59. The molecular formula is C16H24O2. The molecule has 0 spiro atoms. The van der Waals surface area contributed by atoms with Gasteiger partial charge in [0.05, 0.1) is 6.10 Å². The standard InChI is InChI=1S/C16H24O2/c1-3-4-5-7-10-14(2)18-13-16(17)15-11-8-6-9-12-15/h6,8-9,11-12,14H,3-5,7,10,13H2,1-2H3/t14-/m0/s1. The Kier molecular flexibility index (Phi) is 7.35. The molecular weight excluding hydrogens is 224 g/mol. The van der Waals surface area contributed by atoms with E-state index in [-0.39, 0.29) is 18.5 Å². The van der Waals surface area contributed by atoms with Gasteiger partial charge in [0.2, 0.25) is 0 Å². The van der Waals surface area contributed by atoms with E-state index < -0.39 is 0 Å². The Bertz CT molecular complexity index is 332. The Balaban J connectivity index is 2.18. The van der Waals surface area contributed by atoms with Gasteiger partial charge in [0, 0.05) is 5.56 Å². The second-order valence-corrected chi connectivity index (χ2v) is 4.76. The first-order valence-electron chi connectivity index (χ1n) is 6.94. The summed E-state index contributed by atoms with van der Waals surface area (Å²) in [5.74, 6) is 0.0657. The molecule has 0 fully saturated rings. The Morgan fingerprint density at radius 2 is 1.89 bits per heavy atom. The third-order valence-electron chi connectivity index (χ3n) is 3.06. The maximum atomic E-state index is 11.8. The van der Waals surface area contributed by atoms with Crippen molar-refractivity contribution >= 4 is 5.78 Å². The van der Waals surface area contributed by atoms with Crippen LogP contribution in [0.25, 0.3) is 0 Å². The van der Waals surface area contributed by atoms with E-state index in [4.69, 9.17) is 4.74 Å². The van der Waals surface area contributed by atoms with Crippen LogP contribution in [-0.2, 0) is 4.74 Å². The smallest absolute Gasteiger partial charge is 0.188 e. The van der Waals surface area contributed by atoms with E-state index in [1.165, 1.54) is 25.7 Å². The van der Waals surface area contributed by atoms with Gasteiger partial charge in [-0.25, -0.2) is 0 Å². The van der Waals surface area contributed by atoms with Crippen LogP contribution in [0.1, 0.15) is 56.3 Å². The second kappa shape index (κ2) is 8.87. The zero-order valence-corrected chi connectivity index (χ0v) is 11.5. The summed E-state index contributed by atoms with van der Waals surface area (Å²) in [4.78, 5) is 11.8. The molecule has 0 radical (unpaired) electrons. The molecule has 0 aliphatic heterocycles. The minimum Gasteiger partial charge on any atom is -0.370 e. The number of benzene rings is 1. The third kappa shape index (κ3) is 5.97. The molecule has 100 valence electrons. The highest BCUT2D eigenvalue weighted by Crippen LogP contribution is 2.09. The highest BCUT2D eigenvalue weighted by molar-refractivity contribution is 5.96. The average molecular weight is 248 g/mol. The average Bonchev–Trinajstić information content (AvgIpc) is 2.42. The Hall–Kier alpha value is -1.15. The van der Waals surface area contributed by atoms with Crippen LogP contribution < -0.4 is 0 Å². The number of carbonyl (C=O) groups is 1. The highest BCUT2D eigenvalue weighted by Gasteiger charge is 2.08. The minimum atomic E-state index is 0.0657. The predicted molar refractivity (Wildman–Crippen MR) is 74.9 cm³/mol. The summed E-state index contributed by atoms with van der Waals surface area (Å²) in [5.41, 5.74) is 0.732. The molecule has 0 aliphatic rings. The lowest BCUT2D eigenvalue weighted by Crippen LogP contribution is -2.15. The minimum absolute atomic E-state index is 0.0657. The number of unbranched alkanes of at least 4 members (excludes halogenated alkanes) is 3. The van der Waals surface area contributed by atoms with Crippen LogP contribution in [0.5, 0.6) is 0 Å². The zero-order chi connectivity index (χ0) is 13.2. The number of hydrogen-bond donors (Lipinski definition) is 0. The lowest BCUT2D eigenvalue weighted by atomic mass is 10.1. The SMILES string of the molecule is CCCCCC[C@H](C)OCC(=O)c1ccccc1. The Morgan fingerprint density at radius 3 is 2.56 bits per heavy atom. The lowest BCUT2D eigenvalue weighted by Gasteiger charge is -2.12. The van der Waals surface area contributed by atoms with Crippen LogP contribution in [0.15, 0.2) is 30.3 Å². The van der Waals surface area contributed by atoms with Crippen LogP contribution in [0.3, 0.4) is 0 Å². The molecule has 1 rings (SSSR count). The molecule has 18 heavy (non-hydrogen) atoms. The summed E-state index contributed by atoms with van der Waals surface area (Å²) in [6.07, 6.45) is 6.21. The van der Waals surface area contributed by atoms with Crippen LogP contribution in [0.2, 0.25) is 0 Å². The van der Waals surface area contributed by atoms with E-state index >= 15 is 0 Å². The zero-order valence-electron chi connectivity index (χ0n) is 11.5. The number of Topliss-reactive ketones (excluding diaryl/α,β-unsaturated/α-hetero) is 1. The topological polar surface area (TPSA) is 26.3 Å². The van der Waals surface area contributed by atoms with E-state index in [1.54, 1.807) is 0 Å². The van der Waals surface area contributed by atoms with Gasteiger partial charge in [0.1, 0.15) is 6.61 Å². The predicted octanol–water partition coefficient (Wildman–Crippen LogP) is 4.24. The van der Waals surface area contributed by atoms with Crippen molar-refractivity contribution in [1.82, 2.24) is 0 Å². The molecule has 0 amide bonds. The third-order valence-corrected chi connectivity index (χ3v) is 3.06. The molecule has 1 aromatic rings. The molecule has 0 heterocycles. The van der Waals surface area contributed by atoms with Crippen molar-refractivity contribution in [3.8, 4) is 0 Å². The van der Waals surface area contributed by atoms with Crippen LogP contribution >= 0.6 is 0 Å². The van der Waals surface area contributed by atoms with E-state index in [9.17, 15) is 4.79 Å². The van der Waals surface area contributed by atoms with Gasteiger partial charge in [0.15, 0.2) is 5.78 Å². The molecule has 0 bridgehead atoms. The van der Waals surface area contributed by atoms with Gasteiger partial charge in [0.25, 0.3) is 0 Å². The number of carbonyl (C=O) groups excluding carboxylic acids is 1. The fourth-order valence-corrected chi connectivity index (χ4v) is 1.87. The monoisotopic (exact) mass is 248 g/mol. The van der Waals surface area contributed by atoms with Crippen molar-refractivity contribution in [2.75, 3.05) is 6.61 Å². The van der Waals surface area contributed by atoms with Crippen LogP contribution in [-0.4, -0.2) is 18.5 Å². The molecule has 0 unspecified atom stereocenters. The fourth-order valence-electron chi connectivity index (χ4n) is 1.87. The normalized spacial score (nSPS) is 12.3. The molecule has 1 aromatic carbocycles. The first-order chi connectivity index (χ1) is 8.74. The van der Waals surface area contributed by atoms with Crippen molar-refractivity contribution in [3.63, 3.8) is 0 Å². The molecule has 0 N–H and O–H groups in total. The van der Waals surface area contributed by atoms with Gasteiger partial charge in [-0.15, -0.1) is 0 Å². The molecule has 0 aliphatic carbocycles. The van der Waals surface area contributed by atoms with Gasteiger partial charge in [-0.05, 0) is 13.3 Å². The van der Waals surface area contributed by atoms with Crippen molar-refractivity contribution in [2.24, 2.45) is 0 Å². The number of ketones is 1. The van der Waals surface area contributed by atoms with Crippen LogP contribution in [0, 0.1) is 0 Å². The number of ether oxygens (including phenoxy) is 1. The van der Waals surface area contributed by atoms with Crippen molar-refractivity contribution in [3.05, 3.63) is 35.9 Å². The molecule has 0 saturated carbocycles. The van der Waals surface area contributed by atoms with E-state index in [1.807, 2.05) is 37.3 Å². The van der Waals surface area contributed by atoms with Gasteiger partial charge in [-0.1, -0.05) is 62.9 Å². The van der Waals surface area contributed by atoms with E-state index in [0.717, 1.165) is 12.0 Å². The van der Waals surface area contributed by atoms with E-state index in [2.05, 4.69) is 6.92 Å². The first kappa shape index (κ1) is 14.9. The molecule has 0 aromatic heterocycles.